The smallest absolute Gasteiger partial charge is 0.230 e. The number of carbonyl (C=O) groups excluding carboxylic acids is 1. The van der Waals surface area contributed by atoms with Crippen molar-refractivity contribution in [1.82, 2.24) is 5.32 Å². The van der Waals surface area contributed by atoms with E-state index in [4.69, 9.17) is 18.0 Å². The monoisotopic (exact) mass is 260 g/mol. The molecule has 1 aliphatic carbocycles. The predicted octanol–water partition coefficient (Wildman–Crippen LogP) is 1.70. The van der Waals surface area contributed by atoms with Gasteiger partial charge in [0.25, 0.3) is 0 Å². The first-order valence-electron chi connectivity index (χ1n) is 5.72. The van der Waals surface area contributed by atoms with E-state index in [0.29, 0.717) is 16.7 Å². The minimum absolute atomic E-state index is 0.0378. The first-order chi connectivity index (χ1) is 7.65. The van der Waals surface area contributed by atoms with Crippen molar-refractivity contribution in [2.24, 2.45) is 11.7 Å². The molecular weight excluding hydrogens is 240 g/mol. The normalized spacial score (nSPS) is 19.1. The van der Waals surface area contributed by atoms with E-state index < -0.39 is 0 Å². The van der Waals surface area contributed by atoms with Crippen molar-refractivity contribution in [2.45, 2.75) is 38.1 Å². The van der Waals surface area contributed by atoms with Gasteiger partial charge in [-0.2, -0.15) is 11.8 Å². The molecule has 1 rings (SSSR count). The maximum Gasteiger partial charge on any atom is 0.230 e. The third-order valence-corrected chi connectivity index (χ3v) is 3.82. The molecule has 0 radical (unpaired) electrons. The summed E-state index contributed by atoms with van der Waals surface area (Å²) in [5.74, 6) is 0.958. The SMILES string of the molecule is CSCC(=O)NC(C(N)=S)C1CCCCC1. The quantitative estimate of drug-likeness (QED) is 0.739. The van der Waals surface area contributed by atoms with Crippen LogP contribution < -0.4 is 11.1 Å². The van der Waals surface area contributed by atoms with Gasteiger partial charge >= 0.3 is 0 Å². The summed E-state index contributed by atoms with van der Waals surface area (Å²) >= 11 is 6.57. The summed E-state index contributed by atoms with van der Waals surface area (Å²) in [6.45, 7) is 0. The Kier molecular flexibility index (Phi) is 6.13. The van der Waals surface area contributed by atoms with E-state index in [2.05, 4.69) is 5.32 Å². The van der Waals surface area contributed by atoms with E-state index in [1.165, 1.54) is 31.0 Å². The average molecular weight is 260 g/mol. The molecule has 0 aromatic heterocycles. The number of amides is 1. The third-order valence-electron chi connectivity index (χ3n) is 3.02. The predicted molar refractivity (Wildman–Crippen MR) is 73.7 cm³/mol. The molecule has 1 amide bonds. The van der Waals surface area contributed by atoms with Crippen molar-refractivity contribution in [1.29, 1.82) is 0 Å². The summed E-state index contributed by atoms with van der Waals surface area (Å²) in [5.41, 5.74) is 5.72. The van der Waals surface area contributed by atoms with Crippen LogP contribution in [-0.2, 0) is 4.79 Å². The van der Waals surface area contributed by atoms with Crippen molar-refractivity contribution in [2.75, 3.05) is 12.0 Å². The van der Waals surface area contributed by atoms with Gasteiger partial charge in [0.15, 0.2) is 0 Å². The molecule has 0 saturated heterocycles. The fourth-order valence-electron chi connectivity index (χ4n) is 2.23. The van der Waals surface area contributed by atoms with Crippen LogP contribution in [-0.4, -0.2) is 28.9 Å². The second-order valence-corrected chi connectivity index (χ2v) is 5.62. The molecule has 1 unspecified atom stereocenters. The molecule has 0 spiro atoms. The highest BCUT2D eigenvalue weighted by Crippen LogP contribution is 2.26. The molecule has 0 bridgehead atoms. The molecule has 0 aromatic carbocycles. The van der Waals surface area contributed by atoms with Crippen LogP contribution in [0.25, 0.3) is 0 Å². The largest absolute Gasteiger partial charge is 0.392 e. The topological polar surface area (TPSA) is 55.1 Å². The van der Waals surface area contributed by atoms with Crippen molar-refractivity contribution in [3.05, 3.63) is 0 Å². The van der Waals surface area contributed by atoms with Crippen molar-refractivity contribution < 1.29 is 4.79 Å². The van der Waals surface area contributed by atoms with Crippen LogP contribution >= 0.6 is 24.0 Å². The third kappa shape index (κ3) is 4.29. The lowest BCUT2D eigenvalue weighted by Crippen LogP contribution is -2.49. The van der Waals surface area contributed by atoms with Gasteiger partial charge in [0, 0.05) is 0 Å². The summed E-state index contributed by atoms with van der Waals surface area (Å²) in [5, 5.41) is 2.96. The van der Waals surface area contributed by atoms with E-state index in [-0.39, 0.29) is 11.9 Å². The second kappa shape index (κ2) is 7.12. The Morgan fingerprint density at radius 1 is 1.50 bits per heavy atom. The summed E-state index contributed by atoms with van der Waals surface area (Å²) in [6, 6.07) is -0.102. The molecule has 1 aliphatic rings. The van der Waals surface area contributed by atoms with Gasteiger partial charge in [0.2, 0.25) is 5.91 Å². The Balaban J connectivity index is 2.52. The average Bonchev–Trinajstić information content (AvgIpc) is 2.27. The summed E-state index contributed by atoms with van der Waals surface area (Å²) in [4.78, 5) is 12.0. The molecule has 0 aromatic rings. The van der Waals surface area contributed by atoms with Gasteiger partial charge in [0.1, 0.15) is 0 Å². The Morgan fingerprint density at radius 3 is 2.62 bits per heavy atom. The van der Waals surface area contributed by atoms with E-state index >= 15 is 0 Å². The van der Waals surface area contributed by atoms with Crippen LogP contribution in [0.3, 0.4) is 0 Å². The summed E-state index contributed by atoms with van der Waals surface area (Å²) in [7, 11) is 0. The van der Waals surface area contributed by atoms with Crippen LogP contribution in [0.15, 0.2) is 0 Å². The van der Waals surface area contributed by atoms with Gasteiger partial charge in [0.05, 0.1) is 16.8 Å². The Bertz CT molecular complexity index is 250. The zero-order valence-electron chi connectivity index (χ0n) is 9.70. The second-order valence-electron chi connectivity index (χ2n) is 4.28. The molecule has 1 fully saturated rings. The van der Waals surface area contributed by atoms with Gasteiger partial charge in [-0.25, -0.2) is 0 Å². The van der Waals surface area contributed by atoms with Gasteiger partial charge in [-0.05, 0) is 25.0 Å². The molecule has 5 heteroatoms. The van der Waals surface area contributed by atoms with Crippen molar-refractivity contribution in [3.63, 3.8) is 0 Å². The lowest BCUT2D eigenvalue weighted by Gasteiger charge is -2.30. The first kappa shape index (κ1) is 13.8. The van der Waals surface area contributed by atoms with Gasteiger partial charge in [-0.1, -0.05) is 31.5 Å². The fraction of sp³-hybridized carbons (Fsp3) is 0.818. The number of hydrogen-bond donors (Lipinski definition) is 2. The number of thioether (sulfide) groups is 1. The number of rotatable bonds is 5. The highest BCUT2D eigenvalue weighted by molar-refractivity contribution is 7.99. The van der Waals surface area contributed by atoms with E-state index in [9.17, 15) is 4.79 Å². The maximum absolute atomic E-state index is 11.6. The molecule has 92 valence electrons. The molecule has 0 aliphatic heterocycles. The molecular formula is C11H20N2OS2. The van der Waals surface area contributed by atoms with E-state index in [0.717, 1.165) is 12.8 Å². The standard InChI is InChI=1S/C11H20N2OS2/c1-16-7-9(14)13-10(11(12)15)8-5-3-2-4-6-8/h8,10H,2-7H2,1H3,(H2,12,15)(H,13,14). The summed E-state index contributed by atoms with van der Waals surface area (Å²) in [6.07, 6.45) is 7.91. The van der Waals surface area contributed by atoms with E-state index in [1.54, 1.807) is 0 Å². The molecule has 16 heavy (non-hydrogen) atoms. The highest BCUT2D eigenvalue weighted by Gasteiger charge is 2.26. The number of carbonyl (C=O) groups is 1. The minimum atomic E-state index is -0.102. The minimum Gasteiger partial charge on any atom is -0.392 e. The number of hydrogen-bond acceptors (Lipinski definition) is 3. The Labute approximate surface area is 107 Å². The zero-order chi connectivity index (χ0) is 12.0. The molecule has 1 atom stereocenters. The molecule has 1 saturated carbocycles. The van der Waals surface area contributed by atoms with E-state index in [1.807, 2.05) is 6.26 Å². The molecule has 0 heterocycles. The van der Waals surface area contributed by atoms with Gasteiger partial charge in [-0.3, -0.25) is 4.79 Å². The maximum atomic E-state index is 11.6. The number of thiocarbonyl (C=S) groups is 1. The molecule has 3 N–H and O–H groups in total. The van der Waals surface area contributed by atoms with Crippen LogP contribution in [0, 0.1) is 5.92 Å². The van der Waals surface area contributed by atoms with Crippen LogP contribution in [0.2, 0.25) is 0 Å². The lowest BCUT2D eigenvalue weighted by atomic mass is 9.84. The van der Waals surface area contributed by atoms with Crippen LogP contribution in [0.5, 0.6) is 0 Å². The Morgan fingerprint density at radius 2 is 2.12 bits per heavy atom. The zero-order valence-corrected chi connectivity index (χ0v) is 11.3. The van der Waals surface area contributed by atoms with Gasteiger partial charge in [-0.15, -0.1) is 0 Å². The number of nitrogens with one attached hydrogen (secondary N) is 1. The lowest BCUT2D eigenvalue weighted by molar-refractivity contribution is -0.119. The van der Waals surface area contributed by atoms with Crippen LogP contribution in [0.4, 0.5) is 0 Å². The van der Waals surface area contributed by atoms with Crippen LogP contribution in [0.1, 0.15) is 32.1 Å². The Hall–Kier alpha value is -0.290. The summed E-state index contributed by atoms with van der Waals surface area (Å²) < 4.78 is 0. The molecule has 3 nitrogen and oxygen atoms in total. The highest BCUT2D eigenvalue weighted by atomic mass is 32.2. The van der Waals surface area contributed by atoms with Crippen molar-refractivity contribution >= 4 is 34.9 Å². The van der Waals surface area contributed by atoms with Gasteiger partial charge < -0.3 is 11.1 Å². The fourth-order valence-corrected chi connectivity index (χ4v) is 2.83. The van der Waals surface area contributed by atoms with Crippen molar-refractivity contribution in [3.8, 4) is 0 Å². The number of nitrogens with two attached hydrogens (primary N) is 1. The first-order valence-corrected chi connectivity index (χ1v) is 7.53.